The van der Waals surface area contributed by atoms with E-state index in [1.807, 2.05) is 72.5 Å². The van der Waals surface area contributed by atoms with Gasteiger partial charge < -0.3 is 14.3 Å². The number of carbonyl (C=O) groups excluding carboxylic acids is 2. The maximum absolute atomic E-state index is 12.7. The maximum Gasteiger partial charge on any atom is 0.257 e. The SMILES string of the molecule is C[C@H]1CN(C(=O)Cc2noc(-c3ccccc3)n2)CCN1C(=O)CCc1ccccc1. The van der Waals surface area contributed by atoms with Crippen molar-refractivity contribution in [2.75, 3.05) is 19.6 Å². The number of amides is 2. The molecule has 2 aromatic carbocycles. The summed E-state index contributed by atoms with van der Waals surface area (Å²) in [7, 11) is 0. The van der Waals surface area contributed by atoms with Crippen molar-refractivity contribution in [3.8, 4) is 11.5 Å². The first-order chi connectivity index (χ1) is 15.1. The quantitative estimate of drug-likeness (QED) is 0.615. The Bertz CT molecular complexity index is 1020. The third-order valence-electron chi connectivity index (χ3n) is 5.57. The number of aromatic nitrogens is 2. The molecule has 0 N–H and O–H groups in total. The van der Waals surface area contributed by atoms with E-state index in [1.165, 1.54) is 0 Å². The van der Waals surface area contributed by atoms with Gasteiger partial charge in [-0.25, -0.2) is 0 Å². The molecule has 1 atom stereocenters. The van der Waals surface area contributed by atoms with E-state index >= 15 is 0 Å². The summed E-state index contributed by atoms with van der Waals surface area (Å²) in [6, 6.07) is 19.5. The second-order valence-corrected chi connectivity index (χ2v) is 7.82. The average Bonchev–Trinajstić information content (AvgIpc) is 3.27. The van der Waals surface area contributed by atoms with Gasteiger partial charge in [0.2, 0.25) is 11.8 Å². The Morgan fingerprint density at radius 3 is 2.42 bits per heavy atom. The molecule has 4 rings (SSSR count). The molecular weight excluding hydrogens is 392 g/mol. The molecule has 0 radical (unpaired) electrons. The number of rotatable bonds is 6. The molecule has 1 fully saturated rings. The van der Waals surface area contributed by atoms with Gasteiger partial charge in [0.25, 0.3) is 5.89 Å². The Morgan fingerprint density at radius 1 is 1.00 bits per heavy atom. The van der Waals surface area contributed by atoms with Crippen LogP contribution in [-0.2, 0) is 22.4 Å². The van der Waals surface area contributed by atoms with E-state index in [9.17, 15) is 9.59 Å². The standard InChI is InChI=1S/C24H26N4O3/c1-18-17-27(14-15-28(18)22(29)13-12-19-8-4-2-5-9-19)23(30)16-21-25-24(31-26-21)20-10-6-3-7-11-20/h2-11,18H,12-17H2,1H3/t18-/m0/s1. The normalized spacial score (nSPS) is 16.4. The van der Waals surface area contributed by atoms with Gasteiger partial charge in [0.1, 0.15) is 0 Å². The fourth-order valence-electron chi connectivity index (χ4n) is 3.87. The van der Waals surface area contributed by atoms with Gasteiger partial charge in [-0.15, -0.1) is 0 Å². The van der Waals surface area contributed by atoms with Crippen molar-refractivity contribution in [1.29, 1.82) is 0 Å². The van der Waals surface area contributed by atoms with Crippen LogP contribution in [0.15, 0.2) is 65.2 Å². The predicted molar refractivity (Wildman–Crippen MR) is 116 cm³/mol. The largest absolute Gasteiger partial charge is 0.338 e. The molecule has 31 heavy (non-hydrogen) atoms. The van der Waals surface area contributed by atoms with Gasteiger partial charge in [-0.3, -0.25) is 9.59 Å². The number of nitrogens with zero attached hydrogens (tertiary/aromatic N) is 4. The van der Waals surface area contributed by atoms with E-state index in [1.54, 1.807) is 4.90 Å². The van der Waals surface area contributed by atoms with Crippen molar-refractivity contribution < 1.29 is 14.1 Å². The molecule has 160 valence electrons. The van der Waals surface area contributed by atoms with E-state index in [0.717, 1.165) is 17.5 Å². The summed E-state index contributed by atoms with van der Waals surface area (Å²) in [5.41, 5.74) is 1.98. The van der Waals surface area contributed by atoms with Crippen LogP contribution in [0.1, 0.15) is 24.7 Å². The topological polar surface area (TPSA) is 79.5 Å². The summed E-state index contributed by atoms with van der Waals surface area (Å²) in [5.74, 6) is 0.862. The zero-order valence-corrected chi connectivity index (χ0v) is 17.6. The lowest BCUT2D eigenvalue weighted by atomic mass is 10.1. The first kappa shape index (κ1) is 20.8. The fraction of sp³-hybridized carbons (Fsp3) is 0.333. The molecule has 3 aromatic rings. The van der Waals surface area contributed by atoms with Crippen molar-refractivity contribution in [3.05, 3.63) is 72.1 Å². The summed E-state index contributed by atoms with van der Waals surface area (Å²) in [4.78, 5) is 33.4. The Balaban J connectivity index is 1.29. The number of carbonyl (C=O) groups is 2. The number of aryl methyl sites for hydroxylation is 1. The molecule has 1 aliphatic rings. The molecule has 0 aliphatic carbocycles. The molecule has 0 saturated carbocycles. The summed E-state index contributed by atoms with van der Waals surface area (Å²) in [6.07, 6.45) is 1.30. The van der Waals surface area contributed by atoms with Crippen LogP contribution in [0.25, 0.3) is 11.5 Å². The summed E-state index contributed by atoms with van der Waals surface area (Å²) >= 11 is 0. The first-order valence-electron chi connectivity index (χ1n) is 10.6. The lowest BCUT2D eigenvalue weighted by molar-refractivity contribution is -0.142. The van der Waals surface area contributed by atoms with E-state index < -0.39 is 0 Å². The van der Waals surface area contributed by atoms with Gasteiger partial charge in [-0.05, 0) is 31.0 Å². The van der Waals surface area contributed by atoms with Gasteiger partial charge in [0.05, 0.1) is 6.42 Å². The van der Waals surface area contributed by atoms with Crippen LogP contribution in [0, 0.1) is 0 Å². The van der Waals surface area contributed by atoms with E-state index in [-0.39, 0.29) is 24.3 Å². The molecular formula is C24H26N4O3. The van der Waals surface area contributed by atoms with E-state index in [2.05, 4.69) is 10.1 Å². The minimum Gasteiger partial charge on any atom is -0.338 e. The molecule has 0 spiro atoms. The molecule has 7 heteroatoms. The zero-order chi connectivity index (χ0) is 21.6. The predicted octanol–water partition coefficient (Wildman–Crippen LogP) is 2.97. The minimum atomic E-state index is -0.0522. The molecule has 1 aromatic heterocycles. The fourth-order valence-corrected chi connectivity index (χ4v) is 3.87. The van der Waals surface area contributed by atoms with Crippen LogP contribution < -0.4 is 0 Å². The average molecular weight is 418 g/mol. The number of hydrogen-bond acceptors (Lipinski definition) is 5. The molecule has 2 heterocycles. The van der Waals surface area contributed by atoms with Gasteiger partial charge in [-0.2, -0.15) is 4.98 Å². The Hall–Kier alpha value is -3.48. The van der Waals surface area contributed by atoms with Crippen molar-refractivity contribution >= 4 is 11.8 Å². The summed E-state index contributed by atoms with van der Waals surface area (Å²) in [6.45, 7) is 3.56. The van der Waals surface area contributed by atoms with Crippen LogP contribution >= 0.6 is 0 Å². The van der Waals surface area contributed by atoms with E-state index in [0.29, 0.717) is 37.8 Å². The summed E-state index contributed by atoms with van der Waals surface area (Å²) < 4.78 is 5.29. The lowest BCUT2D eigenvalue weighted by Crippen LogP contribution is -2.55. The summed E-state index contributed by atoms with van der Waals surface area (Å²) in [5, 5.41) is 3.94. The van der Waals surface area contributed by atoms with Gasteiger partial charge in [0.15, 0.2) is 5.82 Å². The molecule has 0 bridgehead atoms. The number of hydrogen-bond donors (Lipinski definition) is 0. The lowest BCUT2D eigenvalue weighted by Gasteiger charge is -2.40. The van der Waals surface area contributed by atoms with Crippen molar-refractivity contribution in [2.24, 2.45) is 0 Å². The third kappa shape index (κ3) is 5.17. The molecule has 1 saturated heterocycles. The Kier molecular flexibility index (Phi) is 6.40. The monoisotopic (exact) mass is 418 g/mol. The molecule has 0 unspecified atom stereocenters. The molecule has 7 nitrogen and oxygen atoms in total. The van der Waals surface area contributed by atoms with Gasteiger partial charge >= 0.3 is 0 Å². The van der Waals surface area contributed by atoms with Crippen LogP contribution in [0.3, 0.4) is 0 Å². The smallest absolute Gasteiger partial charge is 0.257 e. The molecule has 1 aliphatic heterocycles. The van der Waals surface area contributed by atoms with Crippen LogP contribution in [-0.4, -0.2) is 57.4 Å². The van der Waals surface area contributed by atoms with Gasteiger partial charge in [-0.1, -0.05) is 53.7 Å². The van der Waals surface area contributed by atoms with Crippen molar-refractivity contribution in [3.63, 3.8) is 0 Å². The highest BCUT2D eigenvalue weighted by Crippen LogP contribution is 2.17. The first-order valence-corrected chi connectivity index (χ1v) is 10.6. The number of piperazine rings is 1. The van der Waals surface area contributed by atoms with Crippen LogP contribution in [0.5, 0.6) is 0 Å². The minimum absolute atomic E-state index is 0.0221. The van der Waals surface area contributed by atoms with Gasteiger partial charge in [0, 0.05) is 37.7 Å². The zero-order valence-electron chi connectivity index (χ0n) is 17.6. The van der Waals surface area contributed by atoms with Crippen molar-refractivity contribution in [1.82, 2.24) is 19.9 Å². The van der Waals surface area contributed by atoms with Crippen molar-refractivity contribution in [2.45, 2.75) is 32.2 Å². The Labute approximate surface area is 181 Å². The third-order valence-corrected chi connectivity index (χ3v) is 5.57. The highest BCUT2D eigenvalue weighted by Gasteiger charge is 2.30. The Morgan fingerprint density at radius 2 is 1.71 bits per heavy atom. The number of benzene rings is 2. The van der Waals surface area contributed by atoms with Crippen LogP contribution in [0.4, 0.5) is 0 Å². The molecule has 2 amide bonds. The highest BCUT2D eigenvalue weighted by molar-refractivity contribution is 5.80. The second kappa shape index (κ2) is 9.55. The highest BCUT2D eigenvalue weighted by atomic mass is 16.5. The second-order valence-electron chi connectivity index (χ2n) is 7.82. The van der Waals surface area contributed by atoms with E-state index in [4.69, 9.17) is 4.52 Å². The maximum atomic E-state index is 12.7. The van der Waals surface area contributed by atoms with Crippen LogP contribution in [0.2, 0.25) is 0 Å².